The Balaban J connectivity index is 2.65. The number of imidazole rings is 1. The highest BCUT2D eigenvalue weighted by atomic mass is 14.9. The van der Waals surface area contributed by atoms with Crippen molar-refractivity contribution in [3.8, 4) is 12.1 Å². The lowest BCUT2D eigenvalue weighted by molar-refractivity contribution is 1.24. The smallest absolute Gasteiger partial charge is 0.178 e. The zero-order valence-corrected chi connectivity index (χ0v) is 9.60. The van der Waals surface area contributed by atoms with Crippen LogP contribution in [0.4, 0.5) is 0 Å². The predicted octanol–water partition coefficient (Wildman–Crippen LogP) is 0.906. The summed E-state index contributed by atoms with van der Waals surface area (Å²) in [4.78, 5) is 11.1. The number of hydrogen-bond donors (Lipinski definition) is 2. The van der Waals surface area contributed by atoms with Crippen molar-refractivity contribution in [1.82, 2.24) is 15.0 Å². The van der Waals surface area contributed by atoms with Gasteiger partial charge >= 0.3 is 0 Å². The van der Waals surface area contributed by atoms with Crippen LogP contribution in [0.15, 0.2) is 24.7 Å². The Morgan fingerprint density at radius 1 is 1.11 bits per heavy atom. The second-order valence-corrected chi connectivity index (χ2v) is 3.94. The minimum atomic E-state index is 0.111. The van der Waals surface area contributed by atoms with E-state index in [1.54, 1.807) is 18.3 Å². The number of fused-ring (bicyclic) bond motifs is 1. The van der Waals surface area contributed by atoms with Crippen molar-refractivity contribution in [3.05, 3.63) is 51.6 Å². The molecule has 0 fully saturated rings. The number of nitrogens with one attached hydrogen (secondary N) is 2. The fourth-order valence-corrected chi connectivity index (χ4v) is 1.96. The molecular weight excluding hydrogens is 240 g/mol. The van der Waals surface area contributed by atoms with E-state index in [9.17, 15) is 5.26 Å². The molecule has 88 valence electrons. The van der Waals surface area contributed by atoms with Gasteiger partial charge in [0.05, 0.1) is 22.8 Å². The Morgan fingerprint density at radius 2 is 1.89 bits per heavy atom. The number of nitriles is 2. The molecule has 0 amide bonds. The number of rotatable bonds is 0. The molecule has 0 bridgehead atoms. The highest BCUT2D eigenvalue weighted by Gasteiger charge is 2.05. The Hall–Kier alpha value is -3.25. The molecule has 0 atom stereocenters. The van der Waals surface area contributed by atoms with Crippen LogP contribution in [0.5, 0.6) is 0 Å². The first-order valence-electron chi connectivity index (χ1n) is 5.39. The monoisotopic (exact) mass is 246 g/mol. The largest absolute Gasteiger partial charge is 0.342 e. The number of H-pyrrole nitrogens is 1. The molecule has 0 saturated heterocycles. The molecule has 2 heterocycles. The SMILES string of the molecule is N#Cc1cc2cnc3nc[nH]c3c(C#N)cc=2c1=N. The van der Waals surface area contributed by atoms with Gasteiger partial charge in [-0.2, -0.15) is 10.5 Å². The minimum Gasteiger partial charge on any atom is -0.342 e. The minimum absolute atomic E-state index is 0.111. The Labute approximate surface area is 106 Å². The van der Waals surface area contributed by atoms with Gasteiger partial charge in [0.1, 0.15) is 17.7 Å². The molecule has 0 spiro atoms. The normalized spacial score (nSPS) is 10.2. The summed E-state index contributed by atoms with van der Waals surface area (Å²) < 4.78 is 0. The Kier molecular flexibility index (Phi) is 2.23. The molecule has 6 nitrogen and oxygen atoms in total. The van der Waals surface area contributed by atoms with E-state index in [4.69, 9.17) is 10.7 Å². The van der Waals surface area contributed by atoms with Gasteiger partial charge in [-0.05, 0) is 12.1 Å². The van der Waals surface area contributed by atoms with Crippen LogP contribution in [-0.2, 0) is 0 Å². The van der Waals surface area contributed by atoms with E-state index in [-0.39, 0.29) is 10.9 Å². The lowest BCUT2D eigenvalue weighted by atomic mass is 10.2. The quantitative estimate of drug-likeness (QED) is 0.613. The lowest BCUT2D eigenvalue weighted by Crippen LogP contribution is -2.00. The third-order valence-corrected chi connectivity index (χ3v) is 2.89. The summed E-state index contributed by atoms with van der Waals surface area (Å²) in [6, 6.07) is 7.19. The average molecular weight is 246 g/mol. The van der Waals surface area contributed by atoms with Gasteiger partial charge in [-0.1, -0.05) is 0 Å². The Morgan fingerprint density at radius 3 is 2.63 bits per heavy atom. The maximum Gasteiger partial charge on any atom is 0.178 e. The fourth-order valence-electron chi connectivity index (χ4n) is 1.96. The topological polar surface area (TPSA) is 113 Å². The highest BCUT2D eigenvalue weighted by molar-refractivity contribution is 5.76. The van der Waals surface area contributed by atoms with Gasteiger partial charge < -0.3 is 4.98 Å². The van der Waals surface area contributed by atoms with Gasteiger partial charge in [0.25, 0.3) is 0 Å². The zero-order valence-electron chi connectivity index (χ0n) is 9.60. The molecule has 6 heteroatoms. The third kappa shape index (κ3) is 1.52. The summed E-state index contributed by atoms with van der Waals surface area (Å²) in [7, 11) is 0. The molecule has 0 unspecified atom stereocenters. The van der Waals surface area contributed by atoms with E-state index < -0.39 is 0 Å². The molecule has 1 aliphatic carbocycles. The van der Waals surface area contributed by atoms with Crippen LogP contribution in [0.2, 0.25) is 0 Å². The van der Waals surface area contributed by atoms with Crippen molar-refractivity contribution >= 4 is 11.2 Å². The van der Waals surface area contributed by atoms with Gasteiger partial charge in [0.15, 0.2) is 5.65 Å². The summed E-state index contributed by atoms with van der Waals surface area (Å²) in [6.07, 6.45) is 3.02. The lowest BCUT2D eigenvalue weighted by Gasteiger charge is -1.88. The summed E-state index contributed by atoms with van der Waals surface area (Å²) in [5.74, 6) is 0. The van der Waals surface area contributed by atoms with Crippen molar-refractivity contribution in [3.63, 3.8) is 0 Å². The number of aromatic amines is 1. The van der Waals surface area contributed by atoms with Gasteiger partial charge in [0.2, 0.25) is 0 Å². The molecule has 0 radical (unpaired) electrons. The fraction of sp³-hybridized carbons (Fsp3) is 0. The van der Waals surface area contributed by atoms with Crippen LogP contribution in [0, 0.1) is 38.5 Å². The summed E-state index contributed by atoms with van der Waals surface area (Å²) in [5, 5.41) is 27.4. The summed E-state index contributed by atoms with van der Waals surface area (Å²) in [5.41, 5.74) is 1.55. The molecule has 1 aliphatic heterocycles. The second kappa shape index (κ2) is 3.90. The highest BCUT2D eigenvalue weighted by Crippen LogP contribution is 2.10. The van der Waals surface area contributed by atoms with Crippen LogP contribution in [0.3, 0.4) is 0 Å². The van der Waals surface area contributed by atoms with Crippen LogP contribution in [0.1, 0.15) is 11.1 Å². The van der Waals surface area contributed by atoms with E-state index in [1.165, 1.54) is 6.33 Å². The molecule has 2 aliphatic rings. The molecule has 19 heavy (non-hydrogen) atoms. The maximum absolute atomic E-state index is 9.21. The second-order valence-electron chi connectivity index (χ2n) is 3.94. The van der Waals surface area contributed by atoms with Gasteiger partial charge in [-0.15, -0.1) is 0 Å². The van der Waals surface area contributed by atoms with E-state index in [2.05, 4.69) is 21.0 Å². The number of nitrogens with zero attached hydrogens (tertiary/aromatic N) is 4. The first-order valence-corrected chi connectivity index (χ1v) is 5.39. The number of aromatic nitrogens is 3. The molecule has 1 aromatic heterocycles. The van der Waals surface area contributed by atoms with Crippen LogP contribution >= 0.6 is 0 Å². The third-order valence-electron chi connectivity index (χ3n) is 2.89. The molecule has 2 N–H and O–H groups in total. The zero-order chi connectivity index (χ0) is 13.4. The van der Waals surface area contributed by atoms with E-state index in [0.717, 1.165) is 0 Å². The molecule has 0 saturated carbocycles. The summed E-state index contributed by atoms with van der Waals surface area (Å²) >= 11 is 0. The van der Waals surface area contributed by atoms with E-state index in [1.807, 2.05) is 6.07 Å². The maximum atomic E-state index is 9.21. The van der Waals surface area contributed by atoms with E-state index in [0.29, 0.717) is 27.2 Å². The van der Waals surface area contributed by atoms with Crippen molar-refractivity contribution < 1.29 is 0 Å². The van der Waals surface area contributed by atoms with Crippen LogP contribution < -0.4 is 5.36 Å². The first-order chi connectivity index (χ1) is 9.24. The average Bonchev–Trinajstić information content (AvgIpc) is 2.96. The predicted molar refractivity (Wildman–Crippen MR) is 64.5 cm³/mol. The summed E-state index contributed by atoms with van der Waals surface area (Å²) in [6.45, 7) is 0. The van der Waals surface area contributed by atoms with Crippen molar-refractivity contribution in [2.45, 2.75) is 0 Å². The van der Waals surface area contributed by atoms with Crippen LogP contribution in [-0.4, -0.2) is 15.0 Å². The molecule has 1 aromatic rings. The van der Waals surface area contributed by atoms with Crippen molar-refractivity contribution in [2.24, 2.45) is 0 Å². The van der Waals surface area contributed by atoms with Gasteiger partial charge in [-0.25, -0.2) is 9.97 Å². The van der Waals surface area contributed by atoms with Crippen molar-refractivity contribution in [2.75, 3.05) is 0 Å². The Bertz CT molecular complexity index is 1000. The van der Waals surface area contributed by atoms with E-state index >= 15 is 0 Å². The first kappa shape index (κ1) is 10.9. The molecule has 3 rings (SSSR count). The molecular formula is C13H6N6. The number of hydrogen-bond acceptors (Lipinski definition) is 5. The van der Waals surface area contributed by atoms with Crippen LogP contribution in [0.25, 0.3) is 11.2 Å². The van der Waals surface area contributed by atoms with Crippen molar-refractivity contribution in [1.29, 1.82) is 15.9 Å². The standard InChI is InChI=1S/C13H6N6/c14-3-7-1-9-5-17-13-12(18-6-19-13)8(4-15)2-10(9)11(7)16/h1-2,5-6,16H,(H,17,18,19). The van der Waals surface area contributed by atoms with Gasteiger partial charge in [0, 0.05) is 16.6 Å². The molecule has 0 aromatic carbocycles. The van der Waals surface area contributed by atoms with Gasteiger partial charge in [-0.3, -0.25) is 5.41 Å².